The summed E-state index contributed by atoms with van der Waals surface area (Å²) in [5.74, 6) is 1.40. The first-order chi connectivity index (χ1) is 12.1. The van der Waals surface area contributed by atoms with E-state index in [2.05, 4.69) is 26.5 Å². The van der Waals surface area contributed by atoms with Crippen molar-refractivity contribution < 1.29 is 19.0 Å². The van der Waals surface area contributed by atoms with Gasteiger partial charge in [0.05, 0.1) is 32.6 Å². The van der Waals surface area contributed by atoms with Crippen molar-refractivity contribution in [2.75, 3.05) is 20.8 Å². The zero-order valence-corrected chi connectivity index (χ0v) is 15.8. The van der Waals surface area contributed by atoms with Gasteiger partial charge in [0.25, 0.3) is 5.91 Å². The topological polar surface area (TPSA) is 69.2 Å². The minimum absolute atomic E-state index is 0.367. The number of hydrogen-bond acceptors (Lipinski definition) is 5. The summed E-state index contributed by atoms with van der Waals surface area (Å²) in [6.45, 7) is 2.33. The SMILES string of the molecule is CCOc1ccc(Br)cc1C(=O)N/N=C/c1ccc(OC)cc1OC. The normalized spacial score (nSPS) is 10.6. The van der Waals surface area contributed by atoms with Crippen LogP contribution in [0.15, 0.2) is 46.0 Å². The molecule has 6 nitrogen and oxygen atoms in total. The Bertz CT molecular complexity index is 778. The number of rotatable bonds is 7. The second kappa shape index (κ2) is 9.08. The molecule has 25 heavy (non-hydrogen) atoms. The summed E-state index contributed by atoms with van der Waals surface area (Å²) >= 11 is 3.35. The van der Waals surface area contributed by atoms with Crippen molar-refractivity contribution in [2.24, 2.45) is 5.10 Å². The maximum atomic E-state index is 12.4. The van der Waals surface area contributed by atoms with Gasteiger partial charge in [-0.15, -0.1) is 0 Å². The van der Waals surface area contributed by atoms with E-state index in [1.165, 1.54) is 6.21 Å². The van der Waals surface area contributed by atoms with E-state index in [-0.39, 0.29) is 5.91 Å². The summed E-state index contributed by atoms with van der Waals surface area (Å²) in [6.07, 6.45) is 1.51. The first kappa shape index (κ1) is 18.8. The van der Waals surface area contributed by atoms with Gasteiger partial charge in [0.1, 0.15) is 17.2 Å². The highest BCUT2D eigenvalue weighted by atomic mass is 79.9. The lowest BCUT2D eigenvalue weighted by Crippen LogP contribution is -2.19. The predicted octanol–water partition coefficient (Wildman–Crippen LogP) is 3.63. The molecule has 0 atom stereocenters. The van der Waals surface area contributed by atoms with Crippen molar-refractivity contribution in [3.05, 3.63) is 52.0 Å². The number of carbonyl (C=O) groups excluding carboxylic acids is 1. The van der Waals surface area contributed by atoms with Gasteiger partial charge in [-0.25, -0.2) is 5.43 Å². The fourth-order valence-corrected chi connectivity index (χ4v) is 2.47. The second-order valence-electron chi connectivity index (χ2n) is 4.88. The van der Waals surface area contributed by atoms with Crippen LogP contribution in [0.5, 0.6) is 17.2 Å². The van der Waals surface area contributed by atoms with Gasteiger partial charge in [-0.05, 0) is 37.3 Å². The molecular weight excluding hydrogens is 388 g/mol. The number of ether oxygens (including phenoxy) is 3. The minimum Gasteiger partial charge on any atom is -0.497 e. The molecule has 1 amide bonds. The van der Waals surface area contributed by atoms with E-state index in [1.54, 1.807) is 44.6 Å². The predicted molar refractivity (Wildman–Crippen MR) is 99.9 cm³/mol. The Kier molecular flexibility index (Phi) is 6.82. The van der Waals surface area contributed by atoms with Crippen molar-refractivity contribution >= 4 is 28.1 Å². The summed E-state index contributed by atoms with van der Waals surface area (Å²) in [5, 5.41) is 4.00. The molecule has 7 heteroatoms. The largest absolute Gasteiger partial charge is 0.497 e. The summed E-state index contributed by atoms with van der Waals surface area (Å²) in [5.41, 5.74) is 3.61. The van der Waals surface area contributed by atoms with Gasteiger partial charge < -0.3 is 14.2 Å². The molecule has 2 rings (SSSR count). The zero-order chi connectivity index (χ0) is 18.2. The van der Waals surface area contributed by atoms with E-state index in [9.17, 15) is 4.79 Å². The molecule has 0 aliphatic rings. The van der Waals surface area contributed by atoms with Crippen LogP contribution in [0.4, 0.5) is 0 Å². The summed E-state index contributed by atoms with van der Waals surface area (Å²) in [6, 6.07) is 10.5. The molecule has 2 aromatic rings. The number of amides is 1. The maximum Gasteiger partial charge on any atom is 0.275 e. The molecule has 0 fully saturated rings. The van der Waals surface area contributed by atoms with E-state index >= 15 is 0 Å². The Labute approximate surface area is 154 Å². The van der Waals surface area contributed by atoms with Crippen molar-refractivity contribution in [1.82, 2.24) is 5.43 Å². The Morgan fingerprint density at radius 1 is 1.16 bits per heavy atom. The Hall–Kier alpha value is -2.54. The number of methoxy groups -OCH3 is 2. The smallest absolute Gasteiger partial charge is 0.275 e. The number of carbonyl (C=O) groups is 1. The molecule has 2 aromatic carbocycles. The Morgan fingerprint density at radius 2 is 1.96 bits per heavy atom. The van der Waals surface area contributed by atoms with E-state index in [0.717, 1.165) is 4.47 Å². The third-order valence-electron chi connectivity index (χ3n) is 3.30. The third kappa shape index (κ3) is 4.96. The second-order valence-corrected chi connectivity index (χ2v) is 5.80. The van der Waals surface area contributed by atoms with E-state index in [0.29, 0.717) is 35.0 Å². The van der Waals surface area contributed by atoms with Gasteiger partial charge in [-0.3, -0.25) is 4.79 Å². The fraction of sp³-hybridized carbons (Fsp3) is 0.222. The lowest BCUT2D eigenvalue weighted by atomic mass is 10.2. The molecule has 0 aliphatic carbocycles. The highest BCUT2D eigenvalue weighted by molar-refractivity contribution is 9.10. The van der Waals surface area contributed by atoms with E-state index in [1.807, 2.05) is 13.0 Å². The van der Waals surface area contributed by atoms with E-state index in [4.69, 9.17) is 14.2 Å². The molecule has 1 N–H and O–H groups in total. The number of nitrogens with one attached hydrogen (secondary N) is 1. The molecule has 0 aliphatic heterocycles. The molecule has 0 saturated carbocycles. The van der Waals surface area contributed by atoms with E-state index < -0.39 is 0 Å². The van der Waals surface area contributed by atoms with Gasteiger partial charge in [0.2, 0.25) is 0 Å². The van der Waals surface area contributed by atoms with Gasteiger partial charge >= 0.3 is 0 Å². The van der Waals surface area contributed by atoms with Crippen molar-refractivity contribution in [3.8, 4) is 17.2 Å². The van der Waals surface area contributed by atoms with Crippen LogP contribution < -0.4 is 19.6 Å². The van der Waals surface area contributed by atoms with Crippen LogP contribution in [0.25, 0.3) is 0 Å². The van der Waals surface area contributed by atoms with Crippen molar-refractivity contribution in [2.45, 2.75) is 6.92 Å². The number of benzene rings is 2. The first-order valence-electron chi connectivity index (χ1n) is 7.56. The first-order valence-corrected chi connectivity index (χ1v) is 8.36. The zero-order valence-electron chi connectivity index (χ0n) is 14.2. The van der Waals surface area contributed by atoms with Crippen LogP contribution in [0.1, 0.15) is 22.8 Å². The van der Waals surface area contributed by atoms with Crippen LogP contribution >= 0.6 is 15.9 Å². The minimum atomic E-state index is -0.367. The Balaban J connectivity index is 2.15. The average Bonchev–Trinajstić information content (AvgIpc) is 2.63. The van der Waals surface area contributed by atoms with Gasteiger partial charge in [-0.2, -0.15) is 5.10 Å². The lowest BCUT2D eigenvalue weighted by molar-refractivity contribution is 0.0951. The summed E-state index contributed by atoms with van der Waals surface area (Å²) < 4.78 is 16.7. The standard InChI is InChI=1S/C18H19BrN2O4/c1-4-25-16-8-6-13(19)9-15(16)18(22)21-20-11-12-5-7-14(23-2)10-17(12)24-3/h5-11H,4H2,1-3H3,(H,21,22)/b20-11+. The number of hydrazone groups is 1. The molecule has 0 bridgehead atoms. The maximum absolute atomic E-state index is 12.4. The molecule has 0 spiro atoms. The highest BCUT2D eigenvalue weighted by Gasteiger charge is 2.12. The van der Waals surface area contributed by atoms with Crippen LogP contribution in [0.3, 0.4) is 0 Å². The molecular formula is C18H19BrN2O4. The molecule has 0 radical (unpaired) electrons. The molecule has 0 heterocycles. The number of halogens is 1. The fourth-order valence-electron chi connectivity index (χ4n) is 2.11. The van der Waals surface area contributed by atoms with Crippen LogP contribution in [-0.2, 0) is 0 Å². The van der Waals surface area contributed by atoms with Crippen LogP contribution in [0, 0.1) is 0 Å². The van der Waals surface area contributed by atoms with Crippen LogP contribution in [0.2, 0.25) is 0 Å². The number of hydrogen-bond donors (Lipinski definition) is 1. The quantitative estimate of drug-likeness (QED) is 0.562. The van der Waals surface area contributed by atoms with Gasteiger partial charge in [0.15, 0.2) is 0 Å². The van der Waals surface area contributed by atoms with Gasteiger partial charge in [0, 0.05) is 16.1 Å². The molecule has 0 unspecified atom stereocenters. The highest BCUT2D eigenvalue weighted by Crippen LogP contribution is 2.24. The summed E-state index contributed by atoms with van der Waals surface area (Å²) in [7, 11) is 3.14. The third-order valence-corrected chi connectivity index (χ3v) is 3.79. The lowest BCUT2D eigenvalue weighted by Gasteiger charge is -2.09. The van der Waals surface area contributed by atoms with Crippen molar-refractivity contribution in [3.63, 3.8) is 0 Å². The van der Waals surface area contributed by atoms with Gasteiger partial charge in [-0.1, -0.05) is 15.9 Å². The Morgan fingerprint density at radius 3 is 2.64 bits per heavy atom. The van der Waals surface area contributed by atoms with Crippen LogP contribution in [-0.4, -0.2) is 32.9 Å². The number of nitrogens with zero attached hydrogens (tertiary/aromatic N) is 1. The van der Waals surface area contributed by atoms with Crippen molar-refractivity contribution in [1.29, 1.82) is 0 Å². The molecule has 132 valence electrons. The monoisotopic (exact) mass is 406 g/mol. The molecule has 0 saturated heterocycles. The average molecular weight is 407 g/mol. The summed E-state index contributed by atoms with van der Waals surface area (Å²) in [4.78, 5) is 12.4. The molecule has 0 aromatic heterocycles.